The van der Waals surface area contributed by atoms with Crippen LogP contribution in [-0.4, -0.2) is 17.5 Å². The second-order valence-electron chi connectivity index (χ2n) is 7.52. The van der Waals surface area contributed by atoms with Gasteiger partial charge in [-0.2, -0.15) is 0 Å². The molecule has 2 aromatic rings. The maximum atomic E-state index is 7.50. The van der Waals surface area contributed by atoms with Gasteiger partial charge in [0.1, 0.15) is 5.71 Å². The first kappa shape index (κ1) is 33.4. The summed E-state index contributed by atoms with van der Waals surface area (Å²) in [5.41, 5.74) is 7.56. The molecule has 0 amide bonds. The van der Waals surface area contributed by atoms with E-state index < -0.39 is 0 Å². The molecule has 36 heavy (non-hydrogen) atoms. The minimum Gasteiger partial charge on any atom is 0 e. The topological polar surface area (TPSA) is 93.7 Å². The molecule has 0 fully saturated rings. The zero-order valence-electron chi connectivity index (χ0n) is 19.9. The van der Waals surface area contributed by atoms with Gasteiger partial charge in [-0.15, -0.1) is 0 Å². The number of aryl methyl sites for hydroxylation is 1. The summed E-state index contributed by atoms with van der Waals surface area (Å²) in [5, 5.41) is 5.80. The fourth-order valence-electron chi connectivity index (χ4n) is 3.90. The summed E-state index contributed by atoms with van der Waals surface area (Å²) in [6, 6.07) is 8.16. The van der Waals surface area contributed by atoms with Crippen LogP contribution >= 0.6 is 23.2 Å². The third kappa shape index (κ3) is 7.21. The van der Waals surface area contributed by atoms with E-state index in [1.165, 1.54) is 5.56 Å². The second kappa shape index (κ2) is 16.2. The number of halogens is 2. The SMILES string of the molecule is Cc1ccc(N=C2C=CC=C[C@@H]3ON=C(c4c(C)c(Cl)c(C)c(Cl)c4C)[C@H]23)cc1.[C-]#[O+].[C-]#[O+].[C-]#[O+].[Fe]. The van der Waals surface area contributed by atoms with Crippen molar-refractivity contribution in [3.8, 4) is 0 Å². The van der Waals surface area contributed by atoms with Gasteiger partial charge in [0.05, 0.1) is 17.3 Å². The van der Waals surface area contributed by atoms with Gasteiger partial charge < -0.3 is 4.84 Å². The Morgan fingerprint density at radius 1 is 0.833 bits per heavy atom. The van der Waals surface area contributed by atoms with Crippen molar-refractivity contribution in [3.05, 3.63) is 106 Å². The van der Waals surface area contributed by atoms with Crippen LogP contribution in [0.15, 0.2) is 58.7 Å². The van der Waals surface area contributed by atoms with Crippen LogP contribution in [0, 0.1) is 53.6 Å². The maximum absolute atomic E-state index is 7.50. The van der Waals surface area contributed by atoms with E-state index in [0.717, 1.165) is 39.4 Å². The summed E-state index contributed by atoms with van der Waals surface area (Å²) in [5.74, 6) is -0.140. The number of nitrogens with zero attached hydrogens (tertiary/aromatic N) is 2. The van der Waals surface area contributed by atoms with E-state index in [1.54, 1.807) is 0 Å². The van der Waals surface area contributed by atoms with Crippen LogP contribution in [0.25, 0.3) is 0 Å². The molecule has 0 N–H and O–H groups in total. The largest absolute Gasteiger partial charge is 0 e. The van der Waals surface area contributed by atoms with E-state index in [4.69, 9.17) is 47.0 Å². The summed E-state index contributed by atoms with van der Waals surface area (Å²) in [6.07, 6.45) is 7.77. The Morgan fingerprint density at radius 2 is 1.36 bits per heavy atom. The Labute approximate surface area is 231 Å². The monoisotopic (exact) mass is 564 g/mol. The van der Waals surface area contributed by atoms with Crippen molar-refractivity contribution in [3.63, 3.8) is 0 Å². The average molecular weight is 565 g/mol. The first-order valence-corrected chi connectivity index (χ1v) is 10.9. The molecule has 0 spiro atoms. The van der Waals surface area contributed by atoms with Crippen LogP contribution < -0.4 is 0 Å². The summed E-state index contributed by atoms with van der Waals surface area (Å²) in [7, 11) is 0. The molecule has 6 nitrogen and oxygen atoms in total. The molecule has 0 radical (unpaired) electrons. The molecule has 186 valence electrons. The number of fused-ring (bicyclic) bond motifs is 1. The molecule has 0 saturated heterocycles. The molecule has 2 aromatic carbocycles. The summed E-state index contributed by atoms with van der Waals surface area (Å²) < 4.78 is 22.5. The normalized spacial score (nSPS) is 17.7. The van der Waals surface area contributed by atoms with Gasteiger partial charge >= 0.3 is 33.9 Å². The van der Waals surface area contributed by atoms with Crippen LogP contribution in [0.1, 0.15) is 27.8 Å². The van der Waals surface area contributed by atoms with Crippen molar-refractivity contribution >= 4 is 40.3 Å². The molecule has 1 aliphatic carbocycles. The average Bonchev–Trinajstić information content (AvgIpc) is 3.21. The molecule has 0 unspecified atom stereocenters. The van der Waals surface area contributed by atoms with Gasteiger partial charge in [-0.25, -0.2) is 0 Å². The van der Waals surface area contributed by atoms with Gasteiger partial charge in [-0.1, -0.05) is 58.2 Å². The minimum absolute atomic E-state index is 0. The molecule has 2 atom stereocenters. The molecular weight excluding hydrogens is 543 g/mol. The molecule has 9 heteroatoms. The Kier molecular flexibility index (Phi) is 15.0. The number of aliphatic imine (C=N–C) groups is 1. The molecule has 2 aliphatic rings. The van der Waals surface area contributed by atoms with E-state index in [-0.39, 0.29) is 29.1 Å². The van der Waals surface area contributed by atoms with Gasteiger partial charge in [-0.05, 0) is 68.7 Å². The van der Waals surface area contributed by atoms with E-state index in [2.05, 4.69) is 44.2 Å². The van der Waals surface area contributed by atoms with Crippen LogP contribution in [-0.2, 0) is 35.9 Å². The summed E-state index contributed by atoms with van der Waals surface area (Å²) in [4.78, 5) is 10.7. The number of hydrogen-bond donors (Lipinski definition) is 0. The Balaban J connectivity index is 0.00000163. The molecule has 4 rings (SSSR count). The zero-order chi connectivity index (χ0) is 26.7. The molecule has 0 bridgehead atoms. The maximum Gasteiger partial charge on any atom is 0 e. The fourth-order valence-corrected chi connectivity index (χ4v) is 4.32. The number of oxime groups is 1. The number of allylic oxidation sites excluding steroid dienone is 3. The van der Waals surface area contributed by atoms with Crippen molar-refractivity contribution < 1.29 is 35.9 Å². The Bertz CT molecular complexity index is 1200. The van der Waals surface area contributed by atoms with Crippen molar-refractivity contribution in [2.75, 3.05) is 0 Å². The van der Waals surface area contributed by atoms with E-state index in [9.17, 15) is 0 Å². The summed E-state index contributed by atoms with van der Waals surface area (Å²) in [6.45, 7) is 21.5. The standard InChI is InChI=1S/C24H22Cl2N2O.3CO.Fe/c1-13-9-11-17(12-10-13)27-18-7-5-6-8-19-21(18)24(28-29-19)20-14(2)22(25)16(4)23(26)15(20)3;3*1-2;/h5-12,19,21H,1-4H3;;;;/t19-,21+;;;;/m0..../s1. The van der Waals surface area contributed by atoms with Gasteiger partial charge in [0.25, 0.3) is 0 Å². The molecule has 0 saturated carbocycles. The van der Waals surface area contributed by atoms with Crippen LogP contribution in [0.5, 0.6) is 0 Å². The van der Waals surface area contributed by atoms with Crippen LogP contribution in [0.2, 0.25) is 10.0 Å². The van der Waals surface area contributed by atoms with E-state index in [0.29, 0.717) is 10.0 Å². The third-order valence-corrected chi connectivity index (χ3v) is 6.64. The Hall–Kier alpha value is -2.62. The van der Waals surface area contributed by atoms with E-state index in [1.807, 2.05) is 57.2 Å². The molecular formula is C27H22Cl2FeN2O4. The number of hydrogen-bond acceptors (Lipinski definition) is 3. The molecule has 0 aromatic heterocycles. The fraction of sp³-hybridized carbons (Fsp3) is 0.222. The van der Waals surface area contributed by atoms with Gasteiger partial charge in [0, 0.05) is 32.7 Å². The first-order valence-electron chi connectivity index (χ1n) is 10.2. The predicted octanol–water partition coefficient (Wildman–Crippen LogP) is 6.73. The van der Waals surface area contributed by atoms with Crippen molar-refractivity contribution in [2.24, 2.45) is 16.1 Å². The van der Waals surface area contributed by atoms with Crippen molar-refractivity contribution in [1.82, 2.24) is 0 Å². The van der Waals surface area contributed by atoms with Gasteiger partial charge in [0.15, 0.2) is 6.10 Å². The van der Waals surface area contributed by atoms with Crippen LogP contribution in [0.3, 0.4) is 0 Å². The first-order chi connectivity index (χ1) is 16.9. The van der Waals surface area contributed by atoms with Gasteiger partial charge in [-0.3, -0.25) is 4.99 Å². The summed E-state index contributed by atoms with van der Waals surface area (Å²) >= 11 is 13.2. The Morgan fingerprint density at radius 3 is 1.89 bits per heavy atom. The molecule has 1 aliphatic heterocycles. The molecule has 1 heterocycles. The number of benzene rings is 2. The predicted molar refractivity (Wildman–Crippen MR) is 134 cm³/mol. The van der Waals surface area contributed by atoms with Gasteiger partial charge in [0.2, 0.25) is 0 Å². The third-order valence-electron chi connectivity index (χ3n) is 5.51. The van der Waals surface area contributed by atoms with Crippen molar-refractivity contribution in [2.45, 2.75) is 33.8 Å². The smallest absolute Gasteiger partial charge is 0 e. The minimum atomic E-state index is -0.221. The number of rotatable bonds is 2. The van der Waals surface area contributed by atoms with Crippen LogP contribution in [0.4, 0.5) is 5.69 Å². The second-order valence-corrected chi connectivity index (χ2v) is 8.27. The van der Waals surface area contributed by atoms with Crippen molar-refractivity contribution in [1.29, 1.82) is 0 Å². The van der Waals surface area contributed by atoms with E-state index >= 15 is 0 Å². The zero-order valence-corrected chi connectivity index (χ0v) is 22.5. The quantitative estimate of drug-likeness (QED) is 0.226.